The van der Waals surface area contributed by atoms with Crippen molar-refractivity contribution < 1.29 is 18.3 Å². The number of amides is 2. The molecule has 3 N–H and O–H groups in total. The van der Waals surface area contributed by atoms with Crippen molar-refractivity contribution in [2.24, 2.45) is 5.92 Å². The molecule has 0 saturated carbocycles. The van der Waals surface area contributed by atoms with E-state index in [1.165, 1.54) is 16.7 Å². The Morgan fingerprint density at radius 1 is 1.26 bits per heavy atom. The number of halogens is 2. The first kappa shape index (κ1) is 21.8. The third kappa shape index (κ3) is 5.05. The zero-order valence-electron chi connectivity index (χ0n) is 14.8. The van der Waals surface area contributed by atoms with Crippen LogP contribution in [0.15, 0.2) is 27.8 Å². The van der Waals surface area contributed by atoms with E-state index >= 15 is 0 Å². The van der Waals surface area contributed by atoms with Crippen LogP contribution in [0.4, 0.5) is 16.2 Å². The van der Waals surface area contributed by atoms with Crippen LogP contribution in [-0.2, 0) is 10.0 Å². The molecule has 11 heteroatoms. The second-order valence-electron chi connectivity index (χ2n) is 6.15. The average molecular weight is 452 g/mol. The number of hydrogen-bond donors (Lipinski definition) is 3. The fourth-order valence-corrected chi connectivity index (χ4v) is 5.34. The summed E-state index contributed by atoms with van der Waals surface area (Å²) in [6.45, 7) is 4.08. The van der Waals surface area contributed by atoms with Crippen LogP contribution in [0.5, 0.6) is 5.75 Å². The topological polar surface area (TPSA) is 98.7 Å². The molecule has 0 unspecified atom stereocenters. The lowest BCUT2D eigenvalue weighted by Crippen LogP contribution is -2.30. The molecule has 1 heterocycles. The first-order valence-electron chi connectivity index (χ1n) is 7.82. The zero-order valence-corrected chi connectivity index (χ0v) is 17.9. The lowest BCUT2D eigenvalue weighted by atomic mass is 10.2. The molecule has 0 atom stereocenters. The van der Waals surface area contributed by atoms with Gasteiger partial charge in [0.2, 0.25) is 0 Å². The van der Waals surface area contributed by atoms with Crippen molar-refractivity contribution in [3.05, 3.63) is 33.6 Å². The van der Waals surface area contributed by atoms with E-state index in [1.54, 1.807) is 18.2 Å². The summed E-state index contributed by atoms with van der Waals surface area (Å²) in [6.07, 6.45) is 0. The summed E-state index contributed by atoms with van der Waals surface area (Å²) in [6, 6.07) is 4.04. The van der Waals surface area contributed by atoms with Crippen LogP contribution >= 0.6 is 34.5 Å². The quantitative estimate of drug-likeness (QED) is 0.593. The highest BCUT2D eigenvalue weighted by atomic mass is 35.5. The summed E-state index contributed by atoms with van der Waals surface area (Å²) in [5.74, 6) is -0.388. The number of urea groups is 1. The van der Waals surface area contributed by atoms with Crippen molar-refractivity contribution in [2.45, 2.75) is 18.1 Å². The summed E-state index contributed by atoms with van der Waals surface area (Å²) in [4.78, 5) is 12.1. The molecule has 2 aromatic rings. The van der Waals surface area contributed by atoms with E-state index in [-0.39, 0.29) is 31.5 Å². The highest BCUT2D eigenvalue weighted by Crippen LogP contribution is 2.39. The molecule has 0 radical (unpaired) electrons. The maximum atomic E-state index is 12.6. The molecule has 148 valence electrons. The van der Waals surface area contributed by atoms with Gasteiger partial charge in [0.1, 0.15) is 0 Å². The number of rotatable bonds is 6. The SMILES string of the molecule is CC(C)CN(C)S(=O)(=O)c1scc(NC(=O)Nc2cccc(Cl)c2Cl)c1O. The number of nitrogens with one attached hydrogen (secondary N) is 2. The van der Waals surface area contributed by atoms with E-state index in [0.29, 0.717) is 6.54 Å². The van der Waals surface area contributed by atoms with Crippen LogP contribution in [0, 0.1) is 5.92 Å². The molecule has 0 fully saturated rings. The Labute approximate surface area is 172 Å². The van der Waals surface area contributed by atoms with Gasteiger partial charge >= 0.3 is 6.03 Å². The van der Waals surface area contributed by atoms with E-state index in [2.05, 4.69) is 10.6 Å². The number of benzene rings is 1. The van der Waals surface area contributed by atoms with Gasteiger partial charge in [-0.25, -0.2) is 13.2 Å². The Bertz CT molecular complexity index is 945. The molecule has 2 rings (SSSR count). The second-order valence-corrected chi connectivity index (χ2v) is 10.1. The molecule has 0 bridgehead atoms. The fraction of sp³-hybridized carbons (Fsp3) is 0.312. The molecular formula is C16H19Cl2N3O4S2. The molecule has 0 spiro atoms. The summed E-state index contributed by atoms with van der Waals surface area (Å²) in [7, 11) is -2.42. The molecule has 0 aliphatic carbocycles. The Morgan fingerprint density at radius 2 is 1.89 bits per heavy atom. The number of nitrogens with zero attached hydrogens (tertiary/aromatic N) is 1. The van der Waals surface area contributed by atoms with Gasteiger partial charge in [0, 0.05) is 19.0 Å². The average Bonchev–Trinajstić information content (AvgIpc) is 2.92. The normalized spacial score (nSPS) is 11.8. The van der Waals surface area contributed by atoms with Crippen molar-refractivity contribution in [2.75, 3.05) is 24.2 Å². The van der Waals surface area contributed by atoms with Gasteiger partial charge in [-0.15, -0.1) is 11.3 Å². The highest BCUT2D eigenvalue weighted by Gasteiger charge is 2.28. The van der Waals surface area contributed by atoms with Crippen molar-refractivity contribution in [1.82, 2.24) is 4.31 Å². The van der Waals surface area contributed by atoms with E-state index in [1.807, 2.05) is 13.8 Å². The van der Waals surface area contributed by atoms with Crippen LogP contribution in [0.3, 0.4) is 0 Å². The number of anilines is 2. The van der Waals surface area contributed by atoms with Gasteiger partial charge in [-0.3, -0.25) is 0 Å². The molecule has 27 heavy (non-hydrogen) atoms. The Kier molecular flexibility index (Phi) is 6.98. The molecule has 2 amide bonds. The lowest BCUT2D eigenvalue weighted by molar-refractivity contribution is 0.262. The van der Waals surface area contributed by atoms with Gasteiger partial charge < -0.3 is 15.7 Å². The standard InChI is InChI=1S/C16H19Cl2N3O4S2/c1-9(2)7-21(3)27(24,25)15-14(22)12(8-26-15)20-16(23)19-11-6-4-5-10(17)13(11)18/h4-6,8-9,22H,7H2,1-3H3,(H2,19,20,23). The summed E-state index contributed by atoms with van der Waals surface area (Å²) in [5.41, 5.74) is 0.257. The second kappa shape index (κ2) is 8.66. The molecule has 1 aromatic carbocycles. The van der Waals surface area contributed by atoms with E-state index in [0.717, 1.165) is 11.3 Å². The maximum Gasteiger partial charge on any atom is 0.323 e. The number of carbonyl (C=O) groups is 1. The number of carbonyl (C=O) groups excluding carboxylic acids is 1. The predicted molar refractivity (Wildman–Crippen MR) is 110 cm³/mol. The van der Waals surface area contributed by atoms with Gasteiger partial charge in [0.15, 0.2) is 9.96 Å². The van der Waals surface area contributed by atoms with Gasteiger partial charge in [-0.1, -0.05) is 43.1 Å². The Morgan fingerprint density at radius 3 is 2.52 bits per heavy atom. The predicted octanol–water partition coefficient (Wildman–Crippen LogP) is 4.68. The molecule has 0 aliphatic rings. The maximum absolute atomic E-state index is 12.6. The third-order valence-electron chi connectivity index (χ3n) is 3.45. The minimum atomic E-state index is -3.86. The smallest absolute Gasteiger partial charge is 0.323 e. The summed E-state index contributed by atoms with van der Waals surface area (Å²) < 4.78 is 26.1. The van der Waals surface area contributed by atoms with Crippen molar-refractivity contribution in [3.8, 4) is 5.75 Å². The monoisotopic (exact) mass is 451 g/mol. The summed E-state index contributed by atoms with van der Waals surface area (Å²) >= 11 is 12.7. The lowest BCUT2D eigenvalue weighted by Gasteiger charge is -2.18. The van der Waals surface area contributed by atoms with Crippen molar-refractivity contribution in [3.63, 3.8) is 0 Å². The van der Waals surface area contributed by atoms with Crippen LogP contribution in [0.2, 0.25) is 10.0 Å². The van der Waals surface area contributed by atoms with Crippen molar-refractivity contribution in [1.29, 1.82) is 0 Å². The first-order chi connectivity index (χ1) is 12.5. The molecule has 0 saturated heterocycles. The van der Waals surface area contributed by atoms with Gasteiger partial charge in [-0.05, 0) is 18.1 Å². The van der Waals surface area contributed by atoms with Gasteiger partial charge in [-0.2, -0.15) is 4.31 Å². The fourth-order valence-electron chi connectivity index (χ4n) is 2.24. The minimum Gasteiger partial charge on any atom is -0.504 e. The summed E-state index contributed by atoms with van der Waals surface area (Å²) in [5, 5.41) is 17.0. The molecule has 1 aromatic heterocycles. The van der Waals surface area contributed by atoms with Gasteiger partial charge in [0.05, 0.1) is 21.4 Å². The van der Waals surface area contributed by atoms with Crippen LogP contribution in [0.25, 0.3) is 0 Å². The largest absolute Gasteiger partial charge is 0.504 e. The van der Waals surface area contributed by atoms with Crippen LogP contribution in [0.1, 0.15) is 13.8 Å². The number of thiophene rings is 1. The Balaban J connectivity index is 2.17. The number of hydrogen-bond acceptors (Lipinski definition) is 5. The van der Waals surface area contributed by atoms with Crippen LogP contribution in [-0.4, -0.2) is 37.5 Å². The molecule has 7 nitrogen and oxygen atoms in total. The van der Waals surface area contributed by atoms with Crippen molar-refractivity contribution >= 4 is 62.0 Å². The third-order valence-corrected chi connectivity index (χ3v) is 7.58. The highest BCUT2D eigenvalue weighted by molar-refractivity contribution is 7.91. The number of aromatic hydroxyl groups is 1. The first-order valence-corrected chi connectivity index (χ1v) is 10.9. The molecular weight excluding hydrogens is 433 g/mol. The van der Waals surface area contributed by atoms with E-state index in [4.69, 9.17) is 23.2 Å². The van der Waals surface area contributed by atoms with E-state index < -0.39 is 21.8 Å². The Hall–Kier alpha value is -1.52. The van der Waals surface area contributed by atoms with E-state index in [9.17, 15) is 18.3 Å². The molecule has 0 aliphatic heterocycles. The number of sulfonamides is 1. The van der Waals surface area contributed by atoms with Gasteiger partial charge in [0.25, 0.3) is 10.0 Å². The van der Waals surface area contributed by atoms with Crippen LogP contribution < -0.4 is 10.6 Å². The minimum absolute atomic E-state index is 0.0211. The zero-order chi connectivity index (χ0) is 20.4.